The topological polar surface area (TPSA) is 70.2 Å². The lowest BCUT2D eigenvalue weighted by Gasteiger charge is -2.28. The van der Waals surface area contributed by atoms with Crippen molar-refractivity contribution in [2.24, 2.45) is 5.92 Å². The zero-order valence-electron chi connectivity index (χ0n) is 19.3. The number of benzene rings is 1. The highest BCUT2D eigenvalue weighted by Gasteiger charge is 2.40. The van der Waals surface area contributed by atoms with E-state index in [2.05, 4.69) is 0 Å². The van der Waals surface area contributed by atoms with Crippen molar-refractivity contribution in [3.63, 3.8) is 0 Å². The normalized spacial score (nSPS) is 16.9. The highest BCUT2D eigenvalue weighted by atomic mass is 16.6. The Morgan fingerprint density at radius 1 is 1.13 bits per heavy atom. The Bertz CT molecular complexity index is 798. The van der Waals surface area contributed by atoms with Crippen LogP contribution >= 0.6 is 0 Å². The molecule has 0 aromatic heterocycles. The van der Waals surface area contributed by atoms with Gasteiger partial charge in [0.25, 0.3) is 0 Å². The lowest BCUT2D eigenvalue weighted by Crippen LogP contribution is -2.46. The molecule has 1 heterocycles. The lowest BCUT2D eigenvalue weighted by atomic mass is 10.1. The van der Waals surface area contributed by atoms with Crippen molar-refractivity contribution in [3.8, 4) is 0 Å². The maximum atomic E-state index is 13.2. The summed E-state index contributed by atoms with van der Waals surface area (Å²) in [4.78, 5) is 43.7. The minimum Gasteiger partial charge on any atom is -0.459 e. The molecule has 7 nitrogen and oxygen atoms in total. The molecule has 1 unspecified atom stereocenters. The minimum absolute atomic E-state index is 0.155. The Kier molecular flexibility index (Phi) is 7.64. The summed E-state index contributed by atoms with van der Waals surface area (Å²) in [5.74, 6) is -1.75. The summed E-state index contributed by atoms with van der Waals surface area (Å²) < 4.78 is 5.39. The fourth-order valence-electron chi connectivity index (χ4n) is 3.40. The minimum atomic E-state index is -0.767. The number of hydrogen-bond donors (Lipinski definition) is 0. The summed E-state index contributed by atoms with van der Waals surface area (Å²) >= 11 is 0. The number of carbonyl (C=O) groups is 3. The molecule has 1 aromatic rings. The molecule has 0 N–H and O–H groups in total. The molecule has 1 atom stereocenters. The predicted octanol–water partition coefficient (Wildman–Crippen LogP) is 2.39. The number of aryl methyl sites for hydroxylation is 2. The number of esters is 1. The average molecular weight is 418 g/mol. The van der Waals surface area contributed by atoms with Gasteiger partial charge in [0, 0.05) is 25.3 Å². The third kappa shape index (κ3) is 6.29. The summed E-state index contributed by atoms with van der Waals surface area (Å²) in [6.07, 6.45) is 0.442. The number of likely N-dealkylation sites (N-methyl/N-ethyl adjacent to an activating group) is 1. The molecule has 1 aliphatic heterocycles. The molecule has 0 bridgehead atoms. The quantitative estimate of drug-likeness (QED) is 0.503. The van der Waals surface area contributed by atoms with E-state index in [-0.39, 0.29) is 18.4 Å². The van der Waals surface area contributed by atoms with E-state index in [9.17, 15) is 14.4 Å². The van der Waals surface area contributed by atoms with Gasteiger partial charge < -0.3 is 19.4 Å². The molecule has 7 heteroatoms. The molecule has 2 rings (SSSR count). The fraction of sp³-hybridized carbons (Fsp3) is 0.609. The monoisotopic (exact) mass is 417 g/mol. The Morgan fingerprint density at radius 3 is 2.37 bits per heavy atom. The van der Waals surface area contributed by atoms with Crippen LogP contribution in [0.1, 0.15) is 38.3 Å². The molecule has 0 spiro atoms. The van der Waals surface area contributed by atoms with Crippen LogP contribution in [0.2, 0.25) is 0 Å². The van der Waals surface area contributed by atoms with Crippen molar-refractivity contribution < 1.29 is 19.1 Å². The first-order chi connectivity index (χ1) is 13.9. The van der Waals surface area contributed by atoms with E-state index in [4.69, 9.17) is 4.74 Å². The van der Waals surface area contributed by atoms with Gasteiger partial charge in [0.2, 0.25) is 11.8 Å². The fourth-order valence-corrected chi connectivity index (χ4v) is 3.40. The molecule has 1 saturated heterocycles. The third-order valence-corrected chi connectivity index (χ3v) is 5.17. The predicted molar refractivity (Wildman–Crippen MR) is 117 cm³/mol. The van der Waals surface area contributed by atoms with E-state index in [1.807, 2.05) is 51.0 Å². The molecule has 2 amide bonds. The van der Waals surface area contributed by atoms with Gasteiger partial charge in [0.05, 0.1) is 0 Å². The zero-order valence-corrected chi connectivity index (χ0v) is 19.3. The maximum absolute atomic E-state index is 13.2. The second-order valence-electron chi connectivity index (χ2n) is 9.25. The first kappa shape index (κ1) is 23.9. The van der Waals surface area contributed by atoms with E-state index < -0.39 is 17.5 Å². The van der Waals surface area contributed by atoms with E-state index in [1.54, 1.807) is 25.7 Å². The first-order valence-corrected chi connectivity index (χ1v) is 10.4. The average Bonchev–Trinajstić information content (AvgIpc) is 3.00. The van der Waals surface area contributed by atoms with Crippen LogP contribution in [-0.4, -0.2) is 73.5 Å². The largest absolute Gasteiger partial charge is 0.459 e. The molecular weight excluding hydrogens is 382 g/mol. The van der Waals surface area contributed by atoms with Crippen LogP contribution in [-0.2, 0) is 19.1 Å². The molecule has 0 aliphatic carbocycles. The molecule has 0 saturated carbocycles. The van der Waals surface area contributed by atoms with E-state index in [0.29, 0.717) is 26.1 Å². The van der Waals surface area contributed by atoms with Gasteiger partial charge in [-0.1, -0.05) is 6.07 Å². The van der Waals surface area contributed by atoms with Crippen molar-refractivity contribution in [1.82, 2.24) is 9.80 Å². The van der Waals surface area contributed by atoms with E-state index in [0.717, 1.165) is 16.8 Å². The van der Waals surface area contributed by atoms with Gasteiger partial charge in [0.15, 0.2) is 0 Å². The maximum Gasteiger partial charge on any atom is 0.326 e. The van der Waals surface area contributed by atoms with Gasteiger partial charge in [-0.05, 0) is 78.4 Å². The van der Waals surface area contributed by atoms with Crippen molar-refractivity contribution in [2.45, 2.75) is 46.6 Å². The Morgan fingerprint density at radius 2 is 1.80 bits per heavy atom. The highest BCUT2D eigenvalue weighted by Crippen LogP contribution is 2.28. The highest BCUT2D eigenvalue weighted by molar-refractivity contribution is 6.10. The standard InChI is InChI=1S/C23H35N3O4/c1-16-8-9-18(14-17(16)2)26-11-10-19(22(26)29)21(28)25(13-12-24(6)7)15-20(27)30-23(3,4)5/h8-9,14,19H,10-13,15H2,1-7H3. The molecule has 1 aromatic carbocycles. The van der Waals surface area contributed by atoms with Crippen molar-refractivity contribution in [1.29, 1.82) is 0 Å². The first-order valence-electron chi connectivity index (χ1n) is 10.4. The number of anilines is 1. The van der Waals surface area contributed by atoms with Crippen molar-refractivity contribution in [2.75, 3.05) is 45.2 Å². The Balaban J connectivity index is 2.14. The van der Waals surface area contributed by atoms with Crippen molar-refractivity contribution >= 4 is 23.5 Å². The van der Waals surface area contributed by atoms with Crippen LogP contribution in [0.15, 0.2) is 18.2 Å². The summed E-state index contributed by atoms with van der Waals surface area (Å²) in [7, 11) is 3.80. The Hall–Kier alpha value is -2.41. The summed E-state index contributed by atoms with van der Waals surface area (Å²) in [6, 6.07) is 5.88. The van der Waals surface area contributed by atoms with E-state index >= 15 is 0 Å². The number of amides is 2. The molecule has 166 valence electrons. The van der Waals surface area contributed by atoms with Gasteiger partial charge in [-0.25, -0.2) is 0 Å². The Labute approximate surface area is 180 Å². The summed E-state index contributed by atoms with van der Waals surface area (Å²) in [5.41, 5.74) is 2.44. The zero-order chi connectivity index (χ0) is 22.6. The molecule has 30 heavy (non-hydrogen) atoms. The number of rotatable bonds is 7. The van der Waals surface area contributed by atoms with Gasteiger partial charge in [0.1, 0.15) is 18.1 Å². The van der Waals surface area contributed by atoms with Gasteiger partial charge in [-0.15, -0.1) is 0 Å². The SMILES string of the molecule is Cc1ccc(N2CCC(C(=O)N(CCN(C)C)CC(=O)OC(C)(C)C)C2=O)cc1C. The molecule has 1 aliphatic rings. The van der Waals surface area contributed by atoms with Gasteiger partial charge >= 0.3 is 5.97 Å². The van der Waals surface area contributed by atoms with Gasteiger partial charge in [-0.2, -0.15) is 0 Å². The van der Waals surface area contributed by atoms with Crippen molar-refractivity contribution in [3.05, 3.63) is 29.3 Å². The molecular formula is C23H35N3O4. The summed E-state index contributed by atoms with van der Waals surface area (Å²) in [5, 5.41) is 0. The van der Waals surface area contributed by atoms with Crippen LogP contribution in [0.3, 0.4) is 0 Å². The molecule has 0 radical (unpaired) electrons. The third-order valence-electron chi connectivity index (χ3n) is 5.17. The number of ether oxygens (including phenoxy) is 1. The summed E-state index contributed by atoms with van der Waals surface area (Å²) in [6.45, 7) is 10.7. The second-order valence-corrected chi connectivity index (χ2v) is 9.25. The second kappa shape index (κ2) is 9.60. The smallest absolute Gasteiger partial charge is 0.326 e. The van der Waals surface area contributed by atoms with Crippen LogP contribution in [0.4, 0.5) is 5.69 Å². The van der Waals surface area contributed by atoms with Crippen LogP contribution in [0, 0.1) is 19.8 Å². The number of nitrogens with zero attached hydrogens (tertiary/aromatic N) is 3. The van der Waals surface area contributed by atoms with Crippen LogP contribution < -0.4 is 4.90 Å². The van der Waals surface area contributed by atoms with Crippen LogP contribution in [0.25, 0.3) is 0 Å². The number of carbonyl (C=O) groups excluding carboxylic acids is 3. The van der Waals surface area contributed by atoms with E-state index in [1.165, 1.54) is 4.90 Å². The molecule has 1 fully saturated rings. The lowest BCUT2D eigenvalue weighted by molar-refractivity contribution is -0.160. The van der Waals surface area contributed by atoms with Crippen LogP contribution in [0.5, 0.6) is 0 Å². The number of hydrogen-bond acceptors (Lipinski definition) is 5. The van der Waals surface area contributed by atoms with Gasteiger partial charge in [-0.3, -0.25) is 14.4 Å².